The number of carbonyl (C=O) groups is 1. The van der Waals surface area contributed by atoms with Crippen molar-refractivity contribution in [1.82, 2.24) is 20.0 Å². The van der Waals surface area contributed by atoms with E-state index in [4.69, 9.17) is 5.73 Å². The Morgan fingerprint density at radius 2 is 2.47 bits per heavy atom. The molecule has 7 heteroatoms. The van der Waals surface area contributed by atoms with Crippen LogP contribution in [0.1, 0.15) is 10.5 Å². The lowest BCUT2D eigenvalue weighted by Crippen LogP contribution is -2.14. The molecule has 0 aromatic carbocycles. The number of nitrogens with one attached hydrogen (secondary N) is 2. The number of rotatable bonds is 2. The van der Waals surface area contributed by atoms with Crippen molar-refractivity contribution in [3.8, 4) is 0 Å². The Morgan fingerprint density at radius 3 is 3.00 bits per heavy atom. The van der Waals surface area contributed by atoms with Crippen LogP contribution in [0.5, 0.6) is 0 Å². The van der Waals surface area contributed by atoms with E-state index in [9.17, 15) is 4.79 Å². The van der Waals surface area contributed by atoms with Gasteiger partial charge in [-0.25, -0.2) is 0 Å². The van der Waals surface area contributed by atoms with Gasteiger partial charge in [0.1, 0.15) is 5.82 Å². The summed E-state index contributed by atoms with van der Waals surface area (Å²) in [6.45, 7) is 0. The number of hydrogen-bond acceptors (Lipinski definition) is 4. The second-order valence-corrected chi connectivity index (χ2v) is 3.03. The first-order chi connectivity index (χ1) is 7.16. The number of H-pyrrole nitrogens is 1. The van der Waals surface area contributed by atoms with Gasteiger partial charge in [-0.1, -0.05) is 0 Å². The van der Waals surface area contributed by atoms with Gasteiger partial charge in [-0.15, -0.1) is 0 Å². The van der Waals surface area contributed by atoms with E-state index in [1.165, 1.54) is 10.9 Å². The number of nitrogens with two attached hydrogens (primary N) is 1. The SMILES string of the molecule is Cn1cc(N)c(C(=O)Nc2ccn[nH]2)n1. The molecule has 0 spiro atoms. The highest BCUT2D eigenvalue weighted by atomic mass is 16.2. The third-order valence-electron chi connectivity index (χ3n) is 1.82. The zero-order valence-corrected chi connectivity index (χ0v) is 8.06. The number of anilines is 2. The average Bonchev–Trinajstić information content (AvgIpc) is 2.75. The molecule has 0 saturated carbocycles. The van der Waals surface area contributed by atoms with Crippen molar-refractivity contribution in [2.75, 3.05) is 11.1 Å². The summed E-state index contributed by atoms with van der Waals surface area (Å²) in [5.41, 5.74) is 6.14. The first kappa shape index (κ1) is 9.25. The zero-order valence-electron chi connectivity index (χ0n) is 8.06. The van der Waals surface area contributed by atoms with E-state index in [0.717, 1.165) is 0 Å². The molecule has 0 radical (unpaired) electrons. The van der Waals surface area contributed by atoms with Crippen molar-refractivity contribution in [2.24, 2.45) is 7.05 Å². The average molecular weight is 206 g/mol. The van der Waals surface area contributed by atoms with Crippen LogP contribution in [0.25, 0.3) is 0 Å². The molecule has 0 unspecified atom stereocenters. The van der Waals surface area contributed by atoms with Crippen LogP contribution >= 0.6 is 0 Å². The van der Waals surface area contributed by atoms with Gasteiger partial charge in [0.25, 0.3) is 5.91 Å². The number of aromatic amines is 1. The van der Waals surface area contributed by atoms with Crippen LogP contribution in [0.15, 0.2) is 18.5 Å². The van der Waals surface area contributed by atoms with Gasteiger partial charge in [0.2, 0.25) is 0 Å². The molecule has 0 atom stereocenters. The summed E-state index contributed by atoms with van der Waals surface area (Å²) in [4.78, 5) is 11.6. The second kappa shape index (κ2) is 3.45. The predicted molar refractivity (Wildman–Crippen MR) is 54.2 cm³/mol. The molecular formula is C8H10N6O. The molecule has 7 nitrogen and oxygen atoms in total. The Labute approximate surface area is 85.3 Å². The molecular weight excluding hydrogens is 196 g/mol. The van der Waals surface area contributed by atoms with Gasteiger partial charge in [0, 0.05) is 19.3 Å². The number of aryl methyl sites for hydroxylation is 1. The van der Waals surface area contributed by atoms with Gasteiger partial charge < -0.3 is 11.1 Å². The third kappa shape index (κ3) is 1.80. The van der Waals surface area contributed by atoms with E-state index >= 15 is 0 Å². The van der Waals surface area contributed by atoms with Gasteiger partial charge in [0.15, 0.2) is 5.69 Å². The highest BCUT2D eigenvalue weighted by Crippen LogP contribution is 2.10. The minimum Gasteiger partial charge on any atom is -0.396 e. The Kier molecular flexibility index (Phi) is 2.13. The molecule has 2 aromatic heterocycles. The van der Waals surface area contributed by atoms with Crippen molar-refractivity contribution in [3.63, 3.8) is 0 Å². The summed E-state index contributed by atoms with van der Waals surface area (Å²) < 4.78 is 1.48. The van der Waals surface area contributed by atoms with Crippen molar-refractivity contribution in [3.05, 3.63) is 24.2 Å². The molecule has 2 rings (SSSR count). The van der Waals surface area contributed by atoms with Crippen LogP contribution in [-0.4, -0.2) is 25.9 Å². The molecule has 0 saturated heterocycles. The molecule has 0 fully saturated rings. The van der Waals surface area contributed by atoms with Crippen molar-refractivity contribution < 1.29 is 4.79 Å². The highest BCUT2D eigenvalue weighted by Gasteiger charge is 2.14. The lowest BCUT2D eigenvalue weighted by atomic mass is 10.3. The first-order valence-corrected chi connectivity index (χ1v) is 4.26. The molecule has 15 heavy (non-hydrogen) atoms. The van der Waals surface area contributed by atoms with Crippen LogP contribution in [0, 0.1) is 0 Å². The standard InChI is InChI=1S/C8H10N6O/c1-14-4-5(9)7(13-14)8(15)11-6-2-3-10-12-6/h2-4H,9H2,1H3,(H2,10,11,12,15). The fourth-order valence-electron chi connectivity index (χ4n) is 1.19. The quantitative estimate of drug-likeness (QED) is 0.642. The summed E-state index contributed by atoms with van der Waals surface area (Å²) >= 11 is 0. The van der Waals surface area contributed by atoms with Crippen molar-refractivity contribution >= 4 is 17.4 Å². The van der Waals surface area contributed by atoms with E-state index in [1.54, 1.807) is 19.3 Å². The molecule has 1 amide bonds. The minimum atomic E-state index is -0.364. The number of hydrogen-bond donors (Lipinski definition) is 3. The van der Waals surface area contributed by atoms with Crippen LogP contribution in [0.4, 0.5) is 11.5 Å². The maximum Gasteiger partial charge on any atom is 0.279 e. The van der Waals surface area contributed by atoms with Gasteiger partial charge in [-0.05, 0) is 0 Å². The van der Waals surface area contributed by atoms with Crippen molar-refractivity contribution in [2.45, 2.75) is 0 Å². The van der Waals surface area contributed by atoms with Gasteiger partial charge >= 0.3 is 0 Å². The Balaban J connectivity index is 2.18. The molecule has 2 heterocycles. The fraction of sp³-hybridized carbons (Fsp3) is 0.125. The topological polar surface area (TPSA) is 102 Å². The monoisotopic (exact) mass is 206 g/mol. The van der Waals surface area contributed by atoms with E-state index in [2.05, 4.69) is 20.6 Å². The van der Waals surface area contributed by atoms with Crippen LogP contribution in [-0.2, 0) is 7.05 Å². The first-order valence-electron chi connectivity index (χ1n) is 4.26. The lowest BCUT2D eigenvalue weighted by Gasteiger charge is -1.99. The molecule has 0 aliphatic heterocycles. The fourth-order valence-corrected chi connectivity index (χ4v) is 1.19. The Bertz CT molecular complexity index is 471. The summed E-state index contributed by atoms with van der Waals surface area (Å²) in [6.07, 6.45) is 3.11. The molecule has 0 aliphatic carbocycles. The van der Waals surface area contributed by atoms with Gasteiger partial charge in [-0.2, -0.15) is 10.2 Å². The normalized spacial score (nSPS) is 10.2. The predicted octanol–water partition coefficient (Wildman–Crippen LogP) is -0.0223. The zero-order chi connectivity index (χ0) is 10.8. The Morgan fingerprint density at radius 1 is 1.67 bits per heavy atom. The van der Waals surface area contributed by atoms with E-state index in [1.807, 2.05) is 0 Å². The van der Waals surface area contributed by atoms with Crippen molar-refractivity contribution in [1.29, 1.82) is 0 Å². The number of carbonyl (C=O) groups excluding carboxylic acids is 1. The van der Waals surface area contributed by atoms with E-state index in [-0.39, 0.29) is 11.6 Å². The van der Waals surface area contributed by atoms with Gasteiger partial charge in [-0.3, -0.25) is 14.6 Å². The van der Waals surface area contributed by atoms with E-state index in [0.29, 0.717) is 11.5 Å². The van der Waals surface area contributed by atoms with Crippen LogP contribution in [0.3, 0.4) is 0 Å². The summed E-state index contributed by atoms with van der Waals surface area (Å²) in [5.74, 6) is 0.141. The number of aromatic nitrogens is 4. The highest BCUT2D eigenvalue weighted by molar-refractivity contribution is 6.05. The number of amides is 1. The molecule has 0 aliphatic rings. The maximum absolute atomic E-state index is 11.6. The van der Waals surface area contributed by atoms with Gasteiger partial charge in [0.05, 0.1) is 11.9 Å². The smallest absolute Gasteiger partial charge is 0.279 e. The Hall–Kier alpha value is -2.31. The largest absolute Gasteiger partial charge is 0.396 e. The summed E-state index contributed by atoms with van der Waals surface area (Å²) in [6, 6.07) is 1.64. The minimum absolute atomic E-state index is 0.201. The number of nitrogen functional groups attached to an aromatic ring is 1. The lowest BCUT2D eigenvalue weighted by molar-refractivity contribution is 0.102. The summed E-state index contributed by atoms with van der Waals surface area (Å²) in [5, 5.41) is 12.8. The third-order valence-corrected chi connectivity index (χ3v) is 1.82. The molecule has 0 bridgehead atoms. The maximum atomic E-state index is 11.6. The second-order valence-electron chi connectivity index (χ2n) is 3.03. The number of nitrogens with zero attached hydrogens (tertiary/aromatic N) is 3. The molecule has 78 valence electrons. The summed E-state index contributed by atoms with van der Waals surface area (Å²) in [7, 11) is 1.70. The molecule has 2 aromatic rings. The van der Waals surface area contributed by atoms with Crippen LogP contribution in [0.2, 0.25) is 0 Å². The van der Waals surface area contributed by atoms with Crippen LogP contribution < -0.4 is 11.1 Å². The van der Waals surface area contributed by atoms with E-state index < -0.39 is 0 Å². The molecule has 4 N–H and O–H groups in total.